The number of ether oxygens (including phenoxy) is 1. The second-order valence-corrected chi connectivity index (χ2v) is 3.78. The first-order chi connectivity index (χ1) is 9.56. The van der Waals surface area contributed by atoms with Gasteiger partial charge in [-0.2, -0.15) is 0 Å². The van der Waals surface area contributed by atoms with Crippen molar-refractivity contribution in [3.63, 3.8) is 0 Å². The Hall–Kier alpha value is -2.24. The van der Waals surface area contributed by atoms with E-state index in [1.807, 2.05) is 13.8 Å². The summed E-state index contributed by atoms with van der Waals surface area (Å²) in [7, 11) is 1.51. The van der Waals surface area contributed by atoms with E-state index in [4.69, 9.17) is 4.74 Å². The molecule has 108 valence electrons. The molecule has 2 rings (SSSR count). The van der Waals surface area contributed by atoms with Crippen LogP contribution in [0.2, 0.25) is 0 Å². The lowest BCUT2D eigenvalue weighted by Crippen LogP contribution is -2.22. The summed E-state index contributed by atoms with van der Waals surface area (Å²) >= 11 is 0. The largest absolute Gasteiger partial charge is 0.481 e. The lowest BCUT2D eigenvalue weighted by Gasteiger charge is -2.11. The summed E-state index contributed by atoms with van der Waals surface area (Å²) < 4.78 is 20.0. The molecule has 0 amide bonds. The van der Waals surface area contributed by atoms with Crippen LogP contribution in [0, 0.1) is 12.7 Å². The van der Waals surface area contributed by atoms with Crippen molar-refractivity contribution in [2.45, 2.75) is 20.8 Å². The predicted octanol–water partition coefficient (Wildman–Crippen LogP) is 1.98. The number of hydrogen-bond donors (Lipinski definition) is 0. The van der Waals surface area contributed by atoms with Gasteiger partial charge in [-0.05, 0) is 19.1 Å². The van der Waals surface area contributed by atoms with Crippen molar-refractivity contribution in [2.75, 3.05) is 6.61 Å². The molecule has 0 aliphatic heterocycles. The maximum Gasteiger partial charge on any atom is 0.272 e. The van der Waals surface area contributed by atoms with Gasteiger partial charge in [-0.25, -0.2) is 9.37 Å². The number of carbonyl (C=O) groups excluding carboxylic acids is 1. The highest BCUT2D eigenvalue weighted by Crippen LogP contribution is 2.26. The van der Waals surface area contributed by atoms with Gasteiger partial charge in [0.1, 0.15) is 17.8 Å². The minimum Gasteiger partial charge on any atom is -0.481 e. The summed E-state index contributed by atoms with van der Waals surface area (Å²) in [6, 6.07) is 2.66. The molecule has 20 heavy (non-hydrogen) atoms. The Morgan fingerprint density at radius 1 is 1.40 bits per heavy atom. The second-order valence-electron chi connectivity index (χ2n) is 3.78. The number of hydrogen-bond acceptors (Lipinski definition) is 4. The summed E-state index contributed by atoms with van der Waals surface area (Å²) in [4.78, 5) is 26.2. The number of nitrogens with zero attached hydrogens (tertiary/aromatic N) is 2. The van der Waals surface area contributed by atoms with E-state index in [-0.39, 0.29) is 23.4 Å². The molecule has 0 radical (unpaired) electrons. The normalized spacial score (nSPS) is 9.85. The number of benzene rings is 1. The van der Waals surface area contributed by atoms with Gasteiger partial charge < -0.3 is 9.30 Å². The number of rotatable bonds is 3. The van der Waals surface area contributed by atoms with Crippen molar-refractivity contribution in [3.8, 4) is 5.75 Å². The molecule has 0 unspecified atom stereocenters. The third-order valence-corrected chi connectivity index (χ3v) is 2.60. The maximum atomic E-state index is 13.7. The van der Waals surface area contributed by atoms with E-state index in [0.717, 1.165) is 0 Å². The highest BCUT2D eigenvalue weighted by Gasteiger charge is 2.14. The lowest BCUT2D eigenvalue weighted by atomic mass is 10.2. The third kappa shape index (κ3) is 2.84. The van der Waals surface area contributed by atoms with Gasteiger partial charge >= 0.3 is 0 Å². The maximum absolute atomic E-state index is 13.7. The second kappa shape index (κ2) is 6.79. The number of aldehydes is 1. The van der Waals surface area contributed by atoms with Crippen LogP contribution in [-0.2, 0) is 11.8 Å². The Kier molecular flexibility index (Phi) is 5.37. The first-order valence-electron chi connectivity index (χ1n) is 6.28. The summed E-state index contributed by atoms with van der Waals surface area (Å²) in [5.41, 5.74) is 0.673. The smallest absolute Gasteiger partial charge is 0.272 e. The molecular formula is C14H17FN2O3. The van der Waals surface area contributed by atoms with Gasteiger partial charge in [-0.1, -0.05) is 13.8 Å². The van der Waals surface area contributed by atoms with Crippen molar-refractivity contribution in [3.05, 3.63) is 34.0 Å². The number of halogens is 1. The molecule has 1 heterocycles. The Labute approximate surface area is 116 Å². The molecule has 0 fully saturated rings. The van der Waals surface area contributed by atoms with Crippen LogP contribution in [0.15, 0.2) is 16.9 Å². The van der Waals surface area contributed by atoms with E-state index in [1.165, 1.54) is 23.7 Å². The summed E-state index contributed by atoms with van der Waals surface area (Å²) in [5, 5.41) is 0. The number of aromatic nitrogens is 2. The van der Waals surface area contributed by atoms with Crippen molar-refractivity contribution in [1.82, 2.24) is 9.55 Å². The zero-order valence-corrected chi connectivity index (χ0v) is 11.9. The van der Waals surface area contributed by atoms with E-state index < -0.39 is 5.82 Å². The van der Waals surface area contributed by atoms with Gasteiger partial charge in [0.05, 0.1) is 5.52 Å². The standard InChI is InChI=1S/C12H11FN2O3.C2H6/c1-7-12(17)15(2)10-9(14-7)4-3-8(13)11(10)18-6-5-16;1-2/h3-5H,6H2,1-2H3;1-2H3. The molecular weight excluding hydrogens is 263 g/mol. The highest BCUT2D eigenvalue weighted by atomic mass is 19.1. The molecule has 0 spiro atoms. The monoisotopic (exact) mass is 280 g/mol. The molecule has 5 nitrogen and oxygen atoms in total. The van der Waals surface area contributed by atoms with E-state index in [0.29, 0.717) is 17.5 Å². The first kappa shape index (κ1) is 15.8. The fraction of sp³-hybridized carbons (Fsp3) is 0.357. The van der Waals surface area contributed by atoms with Crippen LogP contribution < -0.4 is 10.3 Å². The number of aryl methyl sites for hydroxylation is 2. The molecule has 0 bridgehead atoms. The Balaban J connectivity index is 0.000000956. The topological polar surface area (TPSA) is 61.2 Å². The van der Waals surface area contributed by atoms with Crippen LogP contribution in [0.3, 0.4) is 0 Å². The SMILES string of the molecule is CC.Cc1nc2ccc(F)c(OCC=O)c2n(C)c1=O. The average molecular weight is 280 g/mol. The van der Waals surface area contributed by atoms with Gasteiger partial charge in [-0.3, -0.25) is 9.59 Å². The highest BCUT2D eigenvalue weighted by molar-refractivity contribution is 5.82. The van der Waals surface area contributed by atoms with Crippen LogP contribution in [0.5, 0.6) is 5.75 Å². The van der Waals surface area contributed by atoms with E-state index >= 15 is 0 Å². The summed E-state index contributed by atoms with van der Waals surface area (Å²) in [6.07, 6.45) is 0.512. The van der Waals surface area contributed by atoms with Crippen LogP contribution in [0.4, 0.5) is 4.39 Å². The minimum absolute atomic E-state index is 0.133. The molecule has 1 aromatic heterocycles. The van der Waals surface area contributed by atoms with E-state index in [1.54, 1.807) is 6.92 Å². The molecule has 0 aliphatic carbocycles. The lowest BCUT2D eigenvalue weighted by molar-refractivity contribution is -0.109. The molecule has 0 N–H and O–H groups in total. The molecule has 6 heteroatoms. The Morgan fingerprint density at radius 2 is 2.05 bits per heavy atom. The van der Waals surface area contributed by atoms with Crippen molar-refractivity contribution in [1.29, 1.82) is 0 Å². The average Bonchev–Trinajstić information content (AvgIpc) is 2.46. The third-order valence-electron chi connectivity index (χ3n) is 2.60. The van der Waals surface area contributed by atoms with E-state index in [2.05, 4.69) is 4.98 Å². The van der Waals surface area contributed by atoms with Gasteiger partial charge in [0, 0.05) is 7.05 Å². The Morgan fingerprint density at radius 3 is 2.65 bits per heavy atom. The van der Waals surface area contributed by atoms with Crippen molar-refractivity contribution >= 4 is 17.3 Å². The molecule has 2 aromatic rings. The molecule has 0 saturated carbocycles. The first-order valence-corrected chi connectivity index (χ1v) is 6.28. The summed E-state index contributed by atoms with van der Waals surface area (Å²) in [6.45, 7) is 5.30. The molecule has 0 saturated heterocycles. The van der Waals surface area contributed by atoms with Gasteiger partial charge in [0.2, 0.25) is 0 Å². The predicted molar refractivity (Wildman–Crippen MR) is 74.6 cm³/mol. The van der Waals surface area contributed by atoms with E-state index in [9.17, 15) is 14.0 Å². The van der Waals surface area contributed by atoms with Gasteiger partial charge in [0.25, 0.3) is 5.56 Å². The van der Waals surface area contributed by atoms with Crippen molar-refractivity contribution in [2.24, 2.45) is 7.05 Å². The minimum atomic E-state index is -0.634. The fourth-order valence-corrected chi connectivity index (χ4v) is 1.78. The zero-order valence-electron chi connectivity index (χ0n) is 11.9. The molecule has 1 aromatic carbocycles. The fourth-order valence-electron chi connectivity index (χ4n) is 1.78. The quantitative estimate of drug-likeness (QED) is 0.807. The van der Waals surface area contributed by atoms with Crippen LogP contribution in [-0.4, -0.2) is 22.4 Å². The van der Waals surface area contributed by atoms with Gasteiger partial charge in [-0.15, -0.1) is 0 Å². The molecule has 0 atom stereocenters. The Bertz CT molecular complexity index is 680. The molecule has 0 aliphatic rings. The number of fused-ring (bicyclic) bond motifs is 1. The summed E-state index contributed by atoms with van der Waals surface area (Å²) in [5.74, 6) is -0.767. The van der Waals surface area contributed by atoms with Crippen molar-refractivity contribution < 1.29 is 13.9 Å². The van der Waals surface area contributed by atoms with Crippen LogP contribution >= 0.6 is 0 Å². The zero-order chi connectivity index (χ0) is 15.3. The number of carbonyl (C=O) groups is 1. The van der Waals surface area contributed by atoms with Crippen LogP contribution in [0.1, 0.15) is 19.5 Å². The van der Waals surface area contributed by atoms with Crippen LogP contribution in [0.25, 0.3) is 11.0 Å². The van der Waals surface area contributed by atoms with Gasteiger partial charge in [0.15, 0.2) is 17.9 Å².